The number of sulfonamides is 1. The fourth-order valence-electron chi connectivity index (χ4n) is 2.77. The van der Waals surface area contributed by atoms with Gasteiger partial charge in [-0.25, -0.2) is 13.1 Å². The van der Waals surface area contributed by atoms with E-state index in [4.69, 9.17) is 11.6 Å². The number of halogens is 1. The van der Waals surface area contributed by atoms with Crippen LogP contribution in [0.2, 0.25) is 0 Å². The summed E-state index contributed by atoms with van der Waals surface area (Å²) >= 11 is 5.67. The van der Waals surface area contributed by atoms with Gasteiger partial charge in [0.05, 0.1) is 4.90 Å². The van der Waals surface area contributed by atoms with Gasteiger partial charge in [-0.1, -0.05) is 25.5 Å². The molecule has 2 unspecified atom stereocenters. The zero-order valence-electron chi connectivity index (χ0n) is 11.8. The summed E-state index contributed by atoms with van der Waals surface area (Å²) < 4.78 is 27.1. The summed E-state index contributed by atoms with van der Waals surface area (Å²) in [5, 5.41) is 0. The van der Waals surface area contributed by atoms with E-state index in [-0.39, 0.29) is 0 Å². The first kappa shape index (κ1) is 15.8. The predicted octanol–water partition coefficient (Wildman–Crippen LogP) is 3.18. The maximum absolute atomic E-state index is 12.2. The van der Waals surface area contributed by atoms with Crippen molar-refractivity contribution in [3.05, 3.63) is 29.8 Å². The first-order valence-electron chi connectivity index (χ1n) is 7.16. The molecule has 0 amide bonds. The molecule has 1 aliphatic carbocycles. The van der Waals surface area contributed by atoms with Gasteiger partial charge in [0.1, 0.15) is 0 Å². The largest absolute Gasteiger partial charge is 0.240 e. The van der Waals surface area contributed by atoms with Crippen LogP contribution in [0, 0.1) is 11.8 Å². The van der Waals surface area contributed by atoms with E-state index in [1.165, 1.54) is 6.42 Å². The fraction of sp³-hybridized carbons (Fsp3) is 0.600. The molecule has 0 bridgehead atoms. The molecule has 20 heavy (non-hydrogen) atoms. The predicted molar refractivity (Wildman–Crippen MR) is 82.6 cm³/mol. The van der Waals surface area contributed by atoms with Crippen LogP contribution in [0.4, 0.5) is 0 Å². The van der Waals surface area contributed by atoms with Gasteiger partial charge in [-0.15, -0.1) is 11.6 Å². The molecule has 1 saturated carbocycles. The van der Waals surface area contributed by atoms with Gasteiger partial charge >= 0.3 is 0 Å². The molecular weight excluding hydrogens is 294 g/mol. The molecule has 1 aromatic carbocycles. The van der Waals surface area contributed by atoms with Gasteiger partial charge in [-0.3, -0.25) is 0 Å². The molecule has 0 heterocycles. The van der Waals surface area contributed by atoms with Crippen LogP contribution < -0.4 is 4.72 Å². The SMILES string of the molecule is CC1CCC(CNS(=O)(=O)c2ccc(CCCl)cc2)C1. The third kappa shape index (κ3) is 4.21. The Morgan fingerprint density at radius 1 is 1.25 bits per heavy atom. The monoisotopic (exact) mass is 315 g/mol. The van der Waals surface area contributed by atoms with Crippen molar-refractivity contribution in [2.24, 2.45) is 11.8 Å². The smallest absolute Gasteiger partial charge is 0.211 e. The Hall–Kier alpha value is -0.580. The van der Waals surface area contributed by atoms with Crippen molar-refractivity contribution in [2.75, 3.05) is 12.4 Å². The topological polar surface area (TPSA) is 46.2 Å². The van der Waals surface area contributed by atoms with Crippen molar-refractivity contribution in [3.63, 3.8) is 0 Å². The maximum Gasteiger partial charge on any atom is 0.240 e. The maximum atomic E-state index is 12.2. The van der Waals surface area contributed by atoms with Gasteiger partial charge in [0.15, 0.2) is 0 Å². The quantitative estimate of drug-likeness (QED) is 0.820. The van der Waals surface area contributed by atoms with Crippen molar-refractivity contribution < 1.29 is 8.42 Å². The minimum atomic E-state index is -3.38. The van der Waals surface area contributed by atoms with Crippen molar-refractivity contribution in [1.29, 1.82) is 0 Å². The molecule has 1 aromatic rings. The Bertz CT molecular complexity index is 527. The lowest BCUT2D eigenvalue weighted by Crippen LogP contribution is -2.28. The lowest BCUT2D eigenvalue weighted by Gasteiger charge is -2.12. The Kier molecular flexibility index (Phi) is 5.47. The van der Waals surface area contributed by atoms with Gasteiger partial charge in [0.25, 0.3) is 0 Å². The molecule has 112 valence electrons. The summed E-state index contributed by atoms with van der Waals surface area (Å²) in [6, 6.07) is 6.96. The standard InChI is InChI=1S/C15H22ClNO2S/c1-12-2-3-14(10-12)11-17-20(18,19)15-6-4-13(5-7-15)8-9-16/h4-7,12,14,17H,2-3,8-11H2,1H3. The molecule has 2 atom stereocenters. The number of rotatable bonds is 6. The zero-order chi connectivity index (χ0) is 14.6. The van der Waals surface area contributed by atoms with Crippen LogP contribution >= 0.6 is 11.6 Å². The average Bonchev–Trinajstić information content (AvgIpc) is 2.84. The number of hydrogen-bond acceptors (Lipinski definition) is 2. The summed E-state index contributed by atoms with van der Waals surface area (Å²) in [5.74, 6) is 1.75. The summed E-state index contributed by atoms with van der Waals surface area (Å²) in [6.45, 7) is 2.78. The first-order chi connectivity index (χ1) is 9.51. The Labute approximate surface area is 126 Å². The molecule has 1 aliphatic rings. The van der Waals surface area contributed by atoms with E-state index in [1.807, 2.05) is 12.1 Å². The van der Waals surface area contributed by atoms with Gasteiger partial charge in [-0.05, 0) is 48.8 Å². The van der Waals surface area contributed by atoms with Crippen molar-refractivity contribution in [1.82, 2.24) is 4.72 Å². The molecule has 3 nitrogen and oxygen atoms in total. The highest BCUT2D eigenvalue weighted by atomic mass is 35.5. The van der Waals surface area contributed by atoms with E-state index >= 15 is 0 Å². The number of benzene rings is 1. The van der Waals surface area contributed by atoms with Crippen molar-refractivity contribution in [2.45, 2.75) is 37.5 Å². The summed E-state index contributed by atoms with van der Waals surface area (Å²) in [7, 11) is -3.38. The van der Waals surface area contributed by atoms with Crippen LogP contribution in [0.3, 0.4) is 0 Å². The summed E-state index contributed by atoms with van der Waals surface area (Å²) in [5.41, 5.74) is 1.06. The van der Waals surface area contributed by atoms with Crippen LogP contribution in [0.15, 0.2) is 29.2 Å². The lowest BCUT2D eigenvalue weighted by molar-refractivity contribution is 0.498. The molecule has 1 fully saturated rings. The molecule has 1 N–H and O–H groups in total. The van der Waals surface area contributed by atoms with Crippen LogP contribution in [0.1, 0.15) is 31.7 Å². The molecule has 0 aromatic heterocycles. The minimum Gasteiger partial charge on any atom is -0.211 e. The third-order valence-corrected chi connectivity index (χ3v) is 5.61. The second kappa shape index (κ2) is 6.92. The highest BCUT2D eigenvalue weighted by Gasteiger charge is 2.23. The molecule has 0 radical (unpaired) electrons. The second-order valence-corrected chi connectivity index (χ2v) is 7.86. The van der Waals surface area contributed by atoms with E-state index in [0.29, 0.717) is 23.2 Å². The van der Waals surface area contributed by atoms with Crippen LogP contribution in [-0.2, 0) is 16.4 Å². The summed E-state index contributed by atoms with van der Waals surface area (Å²) in [6.07, 6.45) is 4.21. The average molecular weight is 316 g/mol. The van der Waals surface area contributed by atoms with Crippen molar-refractivity contribution in [3.8, 4) is 0 Å². The van der Waals surface area contributed by atoms with E-state index in [0.717, 1.165) is 30.7 Å². The zero-order valence-corrected chi connectivity index (χ0v) is 13.4. The minimum absolute atomic E-state index is 0.335. The van der Waals surface area contributed by atoms with Crippen LogP contribution in [-0.4, -0.2) is 20.8 Å². The normalized spacial score (nSPS) is 23.1. The Morgan fingerprint density at radius 3 is 2.50 bits per heavy atom. The third-order valence-electron chi connectivity index (χ3n) is 3.98. The van der Waals surface area contributed by atoms with Crippen molar-refractivity contribution >= 4 is 21.6 Å². The van der Waals surface area contributed by atoms with E-state index in [1.54, 1.807) is 12.1 Å². The Balaban J connectivity index is 1.95. The van der Waals surface area contributed by atoms with E-state index < -0.39 is 10.0 Å². The second-order valence-electron chi connectivity index (χ2n) is 5.72. The molecule has 2 rings (SSSR count). The summed E-state index contributed by atoms with van der Waals surface area (Å²) in [4.78, 5) is 0.335. The van der Waals surface area contributed by atoms with Crippen LogP contribution in [0.5, 0.6) is 0 Å². The molecule has 0 saturated heterocycles. The number of hydrogen-bond donors (Lipinski definition) is 1. The van der Waals surface area contributed by atoms with Gasteiger partial charge in [0.2, 0.25) is 10.0 Å². The van der Waals surface area contributed by atoms with E-state index in [2.05, 4.69) is 11.6 Å². The van der Waals surface area contributed by atoms with Crippen LogP contribution in [0.25, 0.3) is 0 Å². The molecule has 5 heteroatoms. The molecule has 0 spiro atoms. The number of nitrogens with one attached hydrogen (secondary N) is 1. The Morgan fingerprint density at radius 2 is 1.95 bits per heavy atom. The molecule has 0 aliphatic heterocycles. The number of aryl methyl sites for hydroxylation is 1. The van der Waals surface area contributed by atoms with Gasteiger partial charge in [-0.2, -0.15) is 0 Å². The lowest BCUT2D eigenvalue weighted by atomic mass is 10.1. The number of alkyl halides is 1. The highest BCUT2D eigenvalue weighted by molar-refractivity contribution is 7.89. The van der Waals surface area contributed by atoms with E-state index in [9.17, 15) is 8.42 Å². The first-order valence-corrected chi connectivity index (χ1v) is 9.17. The van der Waals surface area contributed by atoms with Gasteiger partial charge in [0, 0.05) is 12.4 Å². The van der Waals surface area contributed by atoms with Gasteiger partial charge < -0.3 is 0 Å². The highest BCUT2D eigenvalue weighted by Crippen LogP contribution is 2.29. The molecular formula is C15H22ClNO2S. The fourth-order valence-corrected chi connectivity index (χ4v) is 4.10.